The zero-order valence-corrected chi connectivity index (χ0v) is 11.0. The normalized spacial score (nSPS) is 24.4. The molecular weight excluding hydrogens is 273 g/mol. The molecule has 1 fully saturated rings. The highest BCUT2D eigenvalue weighted by molar-refractivity contribution is 6.30. The third kappa shape index (κ3) is 3.43. The van der Waals surface area contributed by atoms with Gasteiger partial charge in [-0.05, 0) is 24.1 Å². The average Bonchev–Trinajstić information content (AvgIpc) is 2.36. The van der Waals surface area contributed by atoms with Gasteiger partial charge in [0, 0.05) is 19.6 Å². The maximum Gasteiger partial charge on any atom is 0.310 e. The molecule has 6 heteroatoms. The molecule has 2 atom stereocenters. The van der Waals surface area contributed by atoms with Crippen molar-refractivity contribution < 1.29 is 19.4 Å². The molecule has 2 N–H and O–H groups in total. The van der Waals surface area contributed by atoms with E-state index in [1.54, 1.807) is 6.07 Å². The van der Waals surface area contributed by atoms with E-state index in [-0.39, 0.29) is 11.6 Å². The van der Waals surface area contributed by atoms with Crippen molar-refractivity contribution in [2.75, 3.05) is 13.1 Å². The Morgan fingerprint density at radius 2 is 2.26 bits per heavy atom. The molecule has 0 saturated carbocycles. The number of nitrogens with zero attached hydrogens (tertiary/aromatic N) is 1. The highest BCUT2D eigenvalue weighted by atomic mass is 35.5. The summed E-state index contributed by atoms with van der Waals surface area (Å²) in [6.07, 6.45) is -0.378. The summed E-state index contributed by atoms with van der Waals surface area (Å²) in [5.74, 6) is -2.23. The molecule has 0 bridgehead atoms. The second kappa shape index (κ2) is 5.86. The van der Waals surface area contributed by atoms with E-state index in [4.69, 9.17) is 16.7 Å². The second-order valence-electron chi connectivity index (χ2n) is 4.78. The van der Waals surface area contributed by atoms with Crippen LogP contribution in [0.2, 0.25) is 5.02 Å². The number of halogens is 2. The number of hydrogen-bond donors (Lipinski definition) is 2. The summed E-state index contributed by atoms with van der Waals surface area (Å²) in [5.41, 5.74) is 0.826. The van der Waals surface area contributed by atoms with Crippen LogP contribution in [0.4, 0.5) is 4.39 Å². The second-order valence-corrected chi connectivity index (χ2v) is 5.19. The number of rotatable bonds is 3. The van der Waals surface area contributed by atoms with Crippen LogP contribution < -0.4 is 0 Å². The Hall–Kier alpha value is -1.17. The first-order chi connectivity index (χ1) is 8.97. The van der Waals surface area contributed by atoms with E-state index in [0.717, 1.165) is 5.56 Å². The zero-order chi connectivity index (χ0) is 14.0. The Kier molecular flexibility index (Phi) is 4.39. The lowest BCUT2D eigenvalue weighted by atomic mass is 9.94. The molecule has 19 heavy (non-hydrogen) atoms. The van der Waals surface area contributed by atoms with Crippen LogP contribution in [0.3, 0.4) is 0 Å². The minimum Gasteiger partial charge on any atom is -0.481 e. The van der Waals surface area contributed by atoms with Gasteiger partial charge < -0.3 is 10.2 Å². The molecule has 1 saturated heterocycles. The van der Waals surface area contributed by atoms with Crippen LogP contribution in [-0.4, -0.2) is 40.3 Å². The van der Waals surface area contributed by atoms with Gasteiger partial charge in [-0.15, -0.1) is 0 Å². The number of piperidine rings is 1. The summed E-state index contributed by atoms with van der Waals surface area (Å²) in [4.78, 5) is 12.9. The van der Waals surface area contributed by atoms with Crippen LogP contribution in [0.5, 0.6) is 0 Å². The van der Waals surface area contributed by atoms with Gasteiger partial charge >= 0.3 is 5.97 Å². The Morgan fingerprint density at radius 1 is 1.53 bits per heavy atom. The molecule has 1 aromatic carbocycles. The van der Waals surface area contributed by atoms with Gasteiger partial charge in [0.15, 0.2) is 0 Å². The Labute approximate surface area is 115 Å². The van der Waals surface area contributed by atoms with E-state index >= 15 is 0 Å². The lowest BCUT2D eigenvalue weighted by Gasteiger charge is -2.34. The Morgan fingerprint density at radius 3 is 2.89 bits per heavy atom. The molecule has 0 aromatic heterocycles. The summed E-state index contributed by atoms with van der Waals surface area (Å²) < 4.78 is 13.0. The molecule has 0 radical (unpaired) electrons. The van der Waals surface area contributed by atoms with Crippen molar-refractivity contribution in [1.82, 2.24) is 4.90 Å². The summed E-state index contributed by atoms with van der Waals surface area (Å²) in [6.45, 7) is 1.39. The Bertz CT molecular complexity index is 483. The minimum atomic E-state index is -0.991. The number of carbonyl (C=O) groups is 1. The summed E-state index contributed by atoms with van der Waals surface area (Å²) in [6, 6.07) is 4.46. The van der Waals surface area contributed by atoms with E-state index in [0.29, 0.717) is 19.5 Å². The van der Waals surface area contributed by atoms with E-state index < -0.39 is 23.8 Å². The van der Waals surface area contributed by atoms with E-state index in [1.165, 1.54) is 12.1 Å². The van der Waals surface area contributed by atoms with Crippen molar-refractivity contribution in [3.05, 3.63) is 34.6 Å². The summed E-state index contributed by atoms with van der Waals surface area (Å²) in [7, 11) is 0. The van der Waals surface area contributed by atoms with E-state index in [1.807, 2.05) is 4.90 Å². The first-order valence-corrected chi connectivity index (χ1v) is 6.42. The molecule has 0 unspecified atom stereocenters. The summed E-state index contributed by atoms with van der Waals surface area (Å²) in [5, 5.41) is 18.7. The molecule has 0 amide bonds. The van der Waals surface area contributed by atoms with E-state index in [9.17, 15) is 14.3 Å². The van der Waals surface area contributed by atoms with Gasteiger partial charge in [0.05, 0.1) is 17.0 Å². The molecule has 2 rings (SSSR count). The van der Waals surface area contributed by atoms with Crippen molar-refractivity contribution in [2.45, 2.75) is 19.1 Å². The fourth-order valence-electron chi connectivity index (χ4n) is 2.29. The first-order valence-electron chi connectivity index (χ1n) is 6.04. The number of carboxylic acid groups (broad SMARTS) is 1. The molecule has 1 aliphatic heterocycles. The molecule has 0 aliphatic carbocycles. The maximum atomic E-state index is 13.0. The van der Waals surface area contributed by atoms with Crippen LogP contribution >= 0.6 is 11.6 Å². The molecule has 1 heterocycles. The van der Waals surface area contributed by atoms with Gasteiger partial charge in [-0.3, -0.25) is 9.69 Å². The van der Waals surface area contributed by atoms with Crippen LogP contribution in [0.25, 0.3) is 0 Å². The van der Waals surface area contributed by atoms with E-state index in [2.05, 4.69) is 0 Å². The maximum absolute atomic E-state index is 13.0. The molecule has 0 spiro atoms. The molecular formula is C13H15ClFNO3. The third-order valence-corrected chi connectivity index (χ3v) is 3.66. The fraction of sp³-hybridized carbons (Fsp3) is 0.462. The third-order valence-electron chi connectivity index (χ3n) is 3.37. The van der Waals surface area contributed by atoms with Crippen LogP contribution in [0.1, 0.15) is 12.0 Å². The first kappa shape index (κ1) is 14.2. The van der Waals surface area contributed by atoms with Crippen molar-refractivity contribution in [3.8, 4) is 0 Å². The molecule has 1 aromatic rings. The molecule has 1 aliphatic rings. The van der Waals surface area contributed by atoms with Gasteiger partial charge in [-0.25, -0.2) is 4.39 Å². The smallest absolute Gasteiger partial charge is 0.310 e. The zero-order valence-electron chi connectivity index (χ0n) is 10.2. The number of benzene rings is 1. The van der Waals surface area contributed by atoms with Gasteiger partial charge in [0.2, 0.25) is 0 Å². The van der Waals surface area contributed by atoms with Crippen molar-refractivity contribution in [3.63, 3.8) is 0 Å². The van der Waals surface area contributed by atoms with Crippen LogP contribution in [0, 0.1) is 11.7 Å². The fourth-order valence-corrected chi connectivity index (χ4v) is 2.49. The number of aliphatic carboxylic acids is 1. The van der Waals surface area contributed by atoms with Crippen molar-refractivity contribution >= 4 is 17.6 Å². The van der Waals surface area contributed by atoms with Crippen molar-refractivity contribution in [2.24, 2.45) is 5.92 Å². The van der Waals surface area contributed by atoms with Gasteiger partial charge in [0.25, 0.3) is 0 Å². The lowest BCUT2D eigenvalue weighted by molar-refractivity contribution is -0.149. The number of likely N-dealkylation sites (tertiary alicyclic amines) is 1. The monoisotopic (exact) mass is 287 g/mol. The highest BCUT2D eigenvalue weighted by Gasteiger charge is 2.32. The van der Waals surface area contributed by atoms with Gasteiger partial charge in [-0.1, -0.05) is 17.7 Å². The number of aliphatic hydroxyl groups excluding tert-OH is 1. The number of aliphatic hydroxyl groups is 1. The highest BCUT2D eigenvalue weighted by Crippen LogP contribution is 2.21. The summed E-state index contributed by atoms with van der Waals surface area (Å²) >= 11 is 5.71. The minimum absolute atomic E-state index is 0.0596. The largest absolute Gasteiger partial charge is 0.481 e. The molecule has 4 nitrogen and oxygen atoms in total. The lowest BCUT2D eigenvalue weighted by Crippen LogP contribution is -2.46. The van der Waals surface area contributed by atoms with Crippen LogP contribution in [0.15, 0.2) is 18.2 Å². The predicted octanol–water partition coefficient (Wildman–Crippen LogP) is 1.75. The molecule has 104 valence electrons. The van der Waals surface area contributed by atoms with Crippen molar-refractivity contribution in [1.29, 1.82) is 0 Å². The van der Waals surface area contributed by atoms with Gasteiger partial charge in [-0.2, -0.15) is 0 Å². The quantitative estimate of drug-likeness (QED) is 0.889. The average molecular weight is 288 g/mol. The Balaban J connectivity index is 2.03. The predicted molar refractivity (Wildman–Crippen MR) is 68.4 cm³/mol. The topological polar surface area (TPSA) is 60.8 Å². The SMILES string of the molecule is O=C(O)[C@H]1CN(Cc2ccc(F)c(Cl)c2)CC[C@@H]1O. The van der Waals surface area contributed by atoms with Gasteiger partial charge in [0.1, 0.15) is 5.82 Å². The number of hydrogen-bond acceptors (Lipinski definition) is 3. The van der Waals surface area contributed by atoms with Crippen LogP contribution in [-0.2, 0) is 11.3 Å². The number of carboxylic acids is 1. The standard InChI is InChI=1S/C13H15ClFNO3/c14-10-5-8(1-2-11(10)15)6-16-4-3-12(17)9(7-16)13(18)19/h1-2,5,9,12,17H,3-4,6-7H2,(H,18,19)/t9-,12-/m0/s1.